The molecule has 5 nitrogen and oxygen atoms in total. The van der Waals surface area contributed by atoms with E-state index in [4.69, 9.17) is 18.0 Å². The van der Waals surface area contributed by atoms with E-state index < -0.39 is 20.5 Å². The monoisotopic (exact) mass is 290 g/mol. The molecule has 0 aromatic rings. The lowest BCUT2D eigenvalue weighted by Gasteiger charge is -2.33. The fourth-order valence-corrected chi connectivity index (χ4v) is 4.50. The number of allylic oxidation sites excluding steroid dienone is 1. The van der Waals surface area contributed by atoms with Crippen LogP contribution in [-0.4, -0.2) is 40.3 Å². The third-order valence-corrected chi connectivity index (χ3v) is 5.75. The zero-order valence-corrected chi connectivity index (χ0v) is 13.6. The molecule has 6 heteroatoms. The summed E-state index contributed by atoms with van der Waals surface area (Å²) in [6, 6.07) is 0. The van der Waals surface area contributed by atoms with Crippen LogP contribution in [0.1, 0.15) is 41.0 Å². The average Bonchev–Trinajstić information content (AvgIpc) is 2.37. The lowest BCUT2D eigenvalue weighted by Crippen LogP contribution is -2.57. The van der Waals surface area contributed by atoms with Gasteiger partial charge in [-0.05, 0) is 34.1 Å². The number of hydrogen-bond acceptors (Lipinski definition) is 5. The normalized spacial score (nSPS) is 13.7. The molecule has 0 rings (SSSR count). The molecule has 0 radical (unpaired) electrons. The Balaban J connectivity index is 5.06. The van der Waals surface area contributed by atoms with Crippen molar-refractivity contribution in [2.75, 3.05) is 19.8 Å². The van der Waals surface area contributed by atoms with Gasteiger partial charge in [-0.1, -0.05) is 13.0 Å². The Labute approximate surface area is 117 Å². The summed E-state index contributed by atoms with van der Waals surface area (Å²) in [6.07, 6.45) is 3.61. The van der Waals surface area contributed by atoms with Crippen LogP contribution in [0.2, 0.25) is 0 Å². The van der Waals surface area contributed by atoms with Gasteiger partial charge < -0.3 is 18.0 Å². The Hall–Kier alpha value is -0.693. The number of rotatable bonds is 10. The van der Waals surface area contributed by atoms with Gasteiger partial charge in [-0.2, -0.15) is 0 Å². The van der Waals surface area contributed by atoms with Gasteiger partial charge in [-0.3, -0.25) is 0 Å². The van der Waals surface area contributed by atoms with Crippen molar-refractivity contribution < 1.29 is 22.8 Å². The third-order valence-electron chi connectivity index (χ3n) is 2.36. The van der Waals surface area contributed by atoms with Gasteiger partial charge in [0.25, 0.3) is 0 Å². The van der Waals surface area contributed by atoms with Crippen molar-refractivity contribution in [1.29, 1.82) is 0 Å². The van der Waals surface area contributed by atoms with E-state index in [9.17, 15) is 4.79 Å². The van der Waals surface area contributed by atoms with Crippen LogP contribution in [0.15, 0.2) is 12.2 Å². The number of carbonyl (C=O) groups excluding carboxylic acids is 1. The lowest BCUT2D eigenvalue weighted by atomic mass is 10.5. The molecule has 0 heterocycles. The van der Waals surface area contributed by atoms with Gasteiger partial charge in [0.2, 0.25) is 0 Å². The van der Waals surface area contributed by atoms with Crippen molar-refractivity contribution in [2.24, 2.45) is 0 Å². The molecule has 19 heavy (non-hydrogen) atoms. The molecular weight excluding hydrogens is 264 g/mol. The number of hydrogen-bond donors (Lipinski definition) is 0. The van der Waals surface area contributed by atoms with Crippen LogP contribution in [0.5, 0.6) is 0 Å². The summed E-state index contributed by atoms with van der Waals surface area (Å²) < 4.78 is 22.6. The molecule has 0 N–H and O–H groups in total. The van der Waals surface area contributed by atoms with E-state index in [-0.39, 0.29) is 0 Å². The Kier molecular flexibility index (Phi) is 9.77. The summed E-state index contributed by atoms with van der Waals surface area (Å²) in [5.41, 5.74) is -0.476. The van der Waals surface area contributed by atoms with Crippen molar-refractivity contribution in [2.45, 2.75) is 46.8 Å². The first kappa shape index (κ1) is 18.3. The Morgan fingerprint density at radius 3 is 1.84 bits per heavy atom. The zero-order valence-electron chi connectivity index (χ0n) is 12.6. The summed E-state index contributed by atoms with van der Waals surface area (Å²) in [5, 5.41) is 0. The van der Waals surface area contributed by atoms with Gasteiger partial charge in [0.15, 0.2) is 5.73 Å². The van der Waals surface area contributed by atoms with Crippen LogP contribution in [-0.2, 0) is 22.8 Å². The highest BCUT2D eigenvalue weighted by Crippen LogP contribution is 2.21. The molecule has 0 saturated heterocycles. The molecule has 0 aliphatic heterocycles. The summed E-state index contributed by atoms with van der Waals surface area (Å²) in [7, 11) is -2.99. The molecule has 0 aliphatic rings. The Morgan fingerprint density at radius 1 is 1.05 bits per heavy atom. The summed E-state index contributed by atoms with van der Waals surface area (Å²) in [5.74, 6) is -0.398. The molecule has 0 amide bonds. The minimum Gasteiger partial charge on any atom is -0.455 e. The van der Waals surface area contributed by atoms with Gasteiger partial charge in [-0.15, -0.1) is 0 Å². The van der Waals surface area contributed by atoms with Crippen molar-refractivity contribution >= 4 is 14.8 Å². The summed E-state index contributed by atoms with van der Waals surface area (Å²) in [4.78, 5) is 11.6. The van der Waals surface area contributed by atoms with E-state index in [1.165, 1.54) is 6.08 Å². The van der Waals surface area contributed by atoms with Crippen LogP contribution in [0, 0.1) is 0 Å². The smallest absolute Gasteiger partial charge is 0.455 e. The van der Waals surface area contributed by atoms with Gasteiger partial charge in [0.05, 0.1) is 0 Å². The topological polar surface area (TPSA) is 54.0 Å². The molecule has 1 unspecified atom stereocenters. The van der Waals surface area contributed by atoms with Crippen LogP contribution in [0.4, 0.5) is 0 Å². The molecule has 112 valence electrons. The average molecular weight is 290 g/mol. The van der Waals surface area contributed by atoms with Crippen molar-refractivity contribution in [3.63, 3.8) is 0 Å². The number of esters is 1. The van der Waals surface area contributed by atoms with Gasteiger partial charge in [0, 0.05) is 25.9 Å². The fourth-order valence-electron chi connectivity index (χ4n) is 1.73. The SMILES string of the molecule is C/C=C/C(=O)OC(CC)[Si](OCC)(OCC)OCC. The lowest BCUT2D eigenvalue weighted by molar-refractivity contribution is -0.143. The van der Waals surface area contributed by atoms with Crippen LogP contribution in [0.25, 0.3) is 0 Å². The molecule has 0 saturated carbocycles. The minimum atomic E-state index is -2.99. The first-order valence-corrected chi connectivity index (χ1v) is 8.65. The third kappa shape index (κ3) is 5.86. The van der Waals surface area contributed by atoms with Crippen molar-refractivity contribution in [3.05, 3.63) is 12.2 Å². The van der Waals surface area contributed by atoms with Crippen LogP contribution < -0.4 is 0 Å². The number of carbonyl (C=O) groups is 1. The summed E-state index contributed by atoms with van der Waals surface area (Å²) in [6.45, 7) is 10.7. The van der Waals surface area contributed by atoms with Gasteiger partial charge in [-0.25, -0.2) is 4.79 Å². The highest BCUT2D eigenvalue weighted by molar-refractivity contribution is 6.62. The fraction of sp³-hybridized carbons (Fsp3) is 0.769. The van der Waals surface area contributed by atoms with Gasteiger partial charge in [0.1, 0.15) is 0 Å². The largest absolute Gasteiger partial charge is 0.544 e. The molecule has 0 bridgehead atoms. The van der Waals surface area contributed by atoms with E-state index in [0.717, 1.165) is 0 Å². The molecular formula is C13H26O5Si. The maximum atomic E-state index is 11.6. The van der Waals surface area contributed by atoms with Crippen LogP contribution in [0.3, 0.4) is 0 Å². The minimum absolute atomic E-state index is 0.398. The van der Waals surface area contributed by atoms with Crippen molar-refractivity contribution in [3.8, 4) is 0 Å². The second-order valence-corrected chi connectivity index (χ2v) is 6.45. The highest BCUT2D eigenvalue weighted by Gasteiger charge is 2.51. The van der Waals surface area contributed by atoms with Gasteiger partial charge >= 0.3 is 14.8 Å². The Morgan fingerprint density at radius 2 is 1.53 bits per heavy atom. The number of ether oxygens (including phenoxy) is 1. The predicted molar refractivity (Wildman–Crippen MR) is 75.6 cm³/mol. The molecule has 0 aromatic heterocycles. The van der Waals surface area contributed by atoms with E-state index >= 15 is 0 Å². The molecule has 1 atom stereocenters. The van der Waals surface area contributed by atoms with Crippen LogP contribution >= 0.6 is 0 Å². The maximum Gasteiger partial charge on any atom is 0.544 e. The second-order valence-electron chi connectivity index (χ2n) is 3.74. The first-order valence-electron chi connectivity index (χ1n) is 6.85. The zero-order chi connectivity index (χ0) is 14.7. The predicted octanol–water partition coefficient (Wildman–Crippen LogP) is 2.47. The maximum absolute atomic E-state index is 11.6. The highest BCUT2D eigenvalue weighted by atomic mass is 28.4. The molecule has 0 aromatic carbocycles. The quantitative estimate of drug-likeness (QED) is 0.351. The van der Waals surface area contributed by atoms with Crippen molar-refractivity contribution in [1.82, 2.24) is 0 Å². The molecule has 0 fully saturated rings. The standard InChI is InChI=1S/C13H26O5Si/c1-6-11-12(14)18-13(7-2)19(15-8-3,16-9-4)17-10-5/h6,11,13H,7-10H2,1-5H3/b11-6+. The van der Waals surface area contributed by atoms with E-state index in [0.29, 0.717) is 26.2 Å². The van der Waals surface area contributed by atoms with E-state index in [1.807, 2.05) is 27.7 Å². The molecule has 0 spiro atoms. The summed E-state index contributed by atoms with van der Waals surface area (Å²) >= 11 is 0. The molecule has 0 aliphatic carbocycles. The van der Waals surface area contributed by atoms with E-state index in [1.54, 1.807) is 13.0 Å². The van der Waals surface area contributed by atoms with E-state index in [2.05, 4.69) is 0 Å². The first-order chi connectivity index (χ1) is 9.10. The Bertz CT molecular complexity index is 263. The second kappa shape index (κ2) is 10.1.